The van der Waals surface area contributed by atoms with E-state index in [4.69, 9.17) is 26.8 Å². The average molecular weight is 801 g/mol. The van der Waals surface area contributed by atoms with Crippen molar-refractivity contribution >= 4 is 29.0 Å². The van der Waals surface area contributed by atoms with Gasteiger partial charge < -0.3 is 25.0 Å². The van der Waals surface area contributed by atoms with E-state index in [1.54, 1.807) is 4.68 Å². The Bertz CT molecular complexity index is 1990. The Balaban J connectivity index is 0.000000413. The number of likely N-dealkylation sites (tertiary alicyclic amines) is 1. The van der Waals surface area contributed by atoms with Gasteiger partial charge >= 0.3 is 12.2 Å². The van der Waals surface area contributed by atoms with Crippen molar-refractivity contribution in [1.82, 2.24) is 29.5 Å². The zero-order valence-electron chi connectivity index (χ0n) is 29.9. The number of amides is 1. The Morgan fingerprint density at radius 3 is 2.60 bits per heavy atom. The minimum Gasteiger partial charge on any atom is -0.467 e. The van der Waals surface area contributed by atoms with E-state index in [1.165, 1.54) is 24.9 Å². The predicted octanol–water partition coefficient (Wildman–Crippen LogP) is 6.36. The number of fused-ring (bicyclic) bond motifs is 3. The summed E-state index contributed by atoms with van der Waals surface area (Å²) in [7, 11) is 1.34. The Kier molecular flexibility index (Phi) is 9.63. The number of methoxy groups -OCH3 is 1. The molecule has 0 bridgehead atoms. The van der Waals surface area contributed by atoms with Gasteiger partial charge in [0.05, 0.1) is 59.4 Å². The van der Waals surface area contributed by atoms with Crippen LogP contribution in [0.3, 0.4) is 0 Å². The lowest BCUT2D eigenvalue weighted by Gasteiger charge is -2.31. The van der Waals surface area contributed by atoms with Crippen molar-refractivity contribution in [2.75, 3.05) is 50.5 Å². The number of nitrogens with two attached hydrogens (primary N) is 1. The van der Waals surface area contributed by atoms with Gasteiger partial charge in [0.2, 0.25) is 0 Å². The molecule has 2 aromatic heterocycles. The molecule has 55 heavy (non-hydrogen) atoms. The summed E-state index contributed by atoms with van der Waals surface area (Å²) in [4.78, 5) is 27.7. The number of nitrogen functional groups attached to an aromatic ring is 1. The fraction of sp³-hybridized carbons (Fsp3) is 0.611. The Morgan fingerprint density at radius 2 is 1.91 bits per heavy atom. The zero-order chi connectivity index (χ0) is 39.0. The molecule has 3 saturated heterocycles. The molecule has 9 rings (SSSR count). The first-order valence-electron chi connectivity index (χ1n) is 18.3. The summed E-state index contributed by atoms with van der Waals surface area (Å²) < 4.78 is 110. The first kappa shape index (κ1) is 38.0. The Morgan fingerprint density at radius 1 is 1.13 bits per heavy atom. The third-order valence-corrected chi connectivity index (χ3v) is 12.2. The van der Waals surface area contributed by atoms with Crippen LogP contribution in [0.5, 0.6) is 6.01 Å². The van der Waals surface area contributed by atoms with E-state index in [1.807, 2.05) is 4.90 Å². The highest BCUT2D eigenvalue weighted by Gasteiger charge is 2.73. The van der Waals surface area contributed by atoms with E-state index in [-0.39, 0.29) is 62.2 Å². The van der Waals surface area contributed by atoms with Crippen LogP contribution in [0.2, 0.25) is 5.02 Å². The van der Waals surface area contributed by atoms with Gasteiger partial charge in [0.15, 0.2) is 11.5 Å². The van der Waals surface area contributed by atoms with E-state index >= 15 is 4.39 Å². The van der Waals surface area contributed by atoms with Crippen molar-refractivity contribution in [3.63, 3.8) is 0 Å². The van der Waals surface area contributed by atoms with Crippen molar-refractivity contribution in [2.45, 2.75) is 95.1 Å². The van der Waals surface area contributed by atoms with Gasteiger partial charge in [-0.1, -0.05) is 11.6 Å². The molecule has 1 amide bonds. The molecule has 7 heterocycles. The molecule has 3 aromatic rings. The van der Waals surface area contributed by atoms with Crippen LogP contribution < -0.4 is 15.4 Å². The smallest absolute Gasteiger partial charge is 0.416 e. The fourth-order valence-electron chi connectivity index (χ4n) is 8.79. The normalized spacial score (nSPS) is 27.0. The van der Waals surface area contributed by atoms with Crippen LogP contribution in [-0.4, -0.2) is 93.4 Å². The molecule has 11 nitrogen and oxygen atoms in total. The van der Waals surface area contributed by atoms with Crippen molar-refractivity contribution in [2.24, 2.45) is 5.41 Å². The summed E-state index contributed by atoms with van der Waals surface area (Å²) in [6.07, 6.45) is -3.06. The average Bonchev–Trinajstić information content (AvgIpc) is 3.65. The van der Waals surface area contributed by atoms with Gasteiger partial charge in [-0.3, -0.25) is 14.4 Å². The highest BCUT2D eigenvalue weighted by Crippen LogP contribution is 2.65. The standard InChI is InChI=1S/C29H28ClF6N7O3.C7H12FN/c1-45-26-38-17-9-19(20-15(29(34,35)36)3-4-16(37)22(20)31)46-11-14(17)24(39-26)41-6-2-7-43-18(10-41)21(30)23(40-43)25(44)42-8-5-27(13-42)12-28(27,32)33;8-6-4-7-2-1-3-9(7)5-6/h3-4,19H,2,5-13,37H2,1H3;6-7H,1-5H2. The molecule has 1 aliphatic carbocycles. The number of hydrogen-bond acceptors (Lipinski definition) is 9. The fourth-order valence-corrected chi connectivity index (χ4v) is 9.06. The largest absolute Gasteiger partial charge is 0.467 e. The number of aryl methyl sites for hydroxylation is 1. The summed E-state index contributed by atoms with van der Waals surface area (Å²) >= 11 is 6.73. The Hall–Kier alpha value is -3.90. The van der Waals surface area contributed by atoms with Crippen LogP contribution in [0.25, 0.3) is 0 Å². The van der Waals surface area contributed by atoms with Gasteiger partial charge in [0, 0.05) is 62.7 Å². The minimum atomic E-state index is -4.85. The van der Waals surface area contributed by atoms with Gasteiger partial charge in [0.25, 0.3) is 11.8 Å². The van der Waals surface area contributed by atoms with E-state index < -0.39 is 58.3 Å². The highest BCUT2D eigenvalue weighted by molar-refractivity contribution is 6.34. The quantitative estimate of drug-likeness (QED) is 0.238. The molecule has 1 saturated carbocycles. The first-order valence-corrected chi connectivity index (χ1v) is 18.7. The van der Waals surface area contributed by atoms with Gasteiger partial charge in [-0.05, 0) is 50.8 Å². The molecule has 1 spiro atoms. The molecule has 2 N–H and O–H groups in total. The second-order valence-electron chi connectivity index (χ2n) is 15.3. The van der Waals surface area contributed by atoms with E-state index in [0.29, 0.717) is 54.9 Å². The van der Waals surface area contributed by atoms with Crippen LogP contribution in [0, 0.1) is 11.2 Å². The third-order valence-electron chi connectivity index (χ3n) is 11.8. The number of aromatic nitrogens is 4. The van der Waals surface area contributed by atoms with Crippen LogP contribution in [0.15, 0.2) is 12.1 Å². The molecular weight excluding hydrogens is 761 g/mol. The molecule has 4 fully saturated rings. The molecule has 5 aliphatic heterocycles. The van der Waals surface area contributed by atoms with Crippen molar-refractivity contribution in [3.05, 3.63) is 56.7 Å². The lowest BCUT2D eigenvalue weighted by molar-refractivity contribution is -0.140. The van der Waals surface area contributed by atoms with Gasteiger partial charge in [0.1, 0.15) is 12.0 Å². The number of halogens is 8. The summed E-state index contributed by atoms with van der Waals surface area (Å²) in [5.74, 6) is -4.12. The summed E-state index contributed by atoms with van der Waals surface area (Å²) in [5, 5.41) is 4.56. The molecular formula is C36H40ClF7N8O3. The van der Waals surface area contributed by atoms with Crippen LogP contribution in [-0.2, 0) is 37.0 Å². The topological polar surface area (TPSA) is 115 Å². The summed E-state index contributed by atoms with van der Waals surface area (Å²) in [6, 6.07) is 2.14. The van der Waals surface area contributed by atoms with E-state index in [0.717, 1.165) is 25.1 Å². The number of benzene rings is 1. The van der Waals surface area contributed by atoms with Crippen LogP contribution >= 0.6 is 11.6 Å². The first-order chi connectivity index (χ1) is 26.1. The lowest BCUT2D eigenvalue weighted by Crippen LogP contribution is -2.31. The predicted molar refractivity (Wildman–Crippen MR) is 185 cm³/mol. The number of alkyl halides is 6. The van der Waals surface area contributed by atoms with Crippen molar-refractivity contribution in [1.29, 1.82) is 0 Å². The molecule has 4 unspecified atom stereocenters. The van der Waals surface area contributed by atoms with Crippen LogP contribution in [0.1, 0.15) is 83.2 Å². The second-order valence-corrected chi connectivity index (χ2v) is 15.6. The highest BCUT2D eigenvalue weighted by atomic mass is 35.5. The maximum Gasteiger partial charge on any atom is 0.416 e. The molecule has 1 aromatic carbocycles. The Labute approximate surface area is 316 Å². The summed E-state index contributed by atoms with van der Waals surface area (Å²) in [6.45, 7) is 2.75. The SMILES string of the molecule is COc1nc2c(c(N3CCCn4nc(C(=O)N5CCC6(C5)CC6(F)F)c(Cl)c4C3)n1)COC(c1c(C(F)(F)F)ccc(N)c1F)C2.FC1CC2CCCN2C1. The minimum absolute atomic E-state index is 0.0161. The number of ether oxygens (including phenoxy) is 2. The van der Waals surface area contributed by atoms with Gasteiger partial charge in [-0.25, -0.2) is 17.6 Å². The number of rotatable bonds is 4. The second kappa shape index (κ2) is 13.9. The number of anilines is 2. The number of nitrogens with zero attached hydrogens (tertiary/aromatic N) is 7. The van der Waals surface area contributed by atoms with Gasteiger partial charge in [-0.15, -0.1) is 0 Å². The third kappa shape index (κ3) is 6.85. The van der Waals surface area contributed by atoms with Crippen molar-refractivity contribution < 1.29 is 45.0 Å². The molecule has 4 atom stereocenters. The van der Waals surface area contributed by atoms with E-state index in [2.05, 4.69) is 20.0 Å². The molecule has 19 heteroatoms. The summed E-state index contributed by atoms with van der Waals surface area (Å²) in [5.41, 5.74) is 3.41. The zero-order valence-corrected chi connectivity index (χ0v) is 30.7. The maximum absolute atomic E-state index is 15.1. The lowest BCUT2D eigenvalue weighted by atomic mass is 9.94. The molecule has 298 valence electrons. The number of carbonyl (C=O) groups excluding carboxylic acids is 1. The van der Waals surface area contributed by atoms with Crippen LogP contribution in [0.4, 0.5) is 42.2 Å². The monoisotopic (exact) mass is 800 g/mol. The van der Waals surface area contributed by atoms with Crippen molar-refractivity contribution in [3.8, 4) is 6.01 Å². The number of carbonyl (C=O) groups is 1. The molecule has 6 aliphatic rings. The van der Waals surface area contributed by atoms with Gasteiger partial charge in [-0.2, -0.15) is 28.2 Å². The maximum atomic E-state index is 15.1. The molecule has 0 radical (unpaired) electrons. The number of hydrogen-bond donors (Lipinski definition) is 1. The van der Waals surface area contributed by atoms with E-state index in [9.17, 15) is 31.1 Å².